The summed E-state index contributed by atoms with van der Waals surface area (Å²) >= 11 is 0. The second-order valence-corrected chi connectivity index (χ2v) is 10.6. The molecule has 0 atom stereocenters. The first-order valence-electron chi connectivity index (χ1n) is 14.4. The molecule has 0 aliphatic heterocycles. The molecular formula is C38H36O2. The summed E-state index contributed by atoms with van der Waals surface area (Å²) in [6.45, 7) is 4.45. The average molecular weight is 525 g/mol. The Kier molecular flexibility index (Phi) is 7.17. The molecule has 0 unspecified atom stereocenters. The van der Waals surface area contributed by atoms with E-state index in [-0.39, 0.29) is 0 Å². The van der Waals surface area contributed by atoms with Crippen molar-refractivity contribution >= 4 is 32.3 Å². The molecule has 0 bridgehead atoms. The molecule has 0 heterocycles. The van der Waals surface area contributed by atoms with Gasteiger partial charge in [0.2, 0.25) is 0 Å². The molecule has 0 amide bonds. The largest absolute Gasteiger partial charge is 0.495 e. The van der Waals surface area contributed by atoms with Crippen LogP contribution in [0.15, 0.2) is 97.1 Å². The minimum Gasteiger partial charge on any atom is -0.495 e. The first-order chi connectivity index (χ1) is 19.7. The van der Waals surface area contributed by atoms with Crippen molar-refractivity contribution in [3.05, 3.63) is 108 Å². The van der Waals surface area contributed by atoms with Crippen LogP contribution in [0.25, 0.3) is 54.6 Å². The van der Waals surface area contributed by atoms with Crippen LogP contribution in [0.2, 0.25) is 0 Å². The number of benzene rings is 6. The van der Waals surface area contributed by atoms with Gasteiger partial charge in [0.05, 0.1) is 14.2 Å². The second-order valence-electron chi connectivity index (χ2n) is 10.6. The standard InChI is InChI=1S/C38H36O2/c1-5-11-25-17-21-27(22-18-25)33-29-13-7-8-14-30(29)34(28-23-19-26(12-6-2)20-24-28)36-35(33)37(39-3)31-15-9-10-16-32(31)38(36)40-4/h7-10,13-24H,5-6,11-12H2,1-4H3. The minimum absolute atomic E-state index is 0.883. The van der Waals surface area contributed by atoms with E-state index in [0.717, 1.165) is 58.7 Å². The molecule has 6 rings (SSSR count). The van der Waals surface area contributed by atoms with Gasteiger partial charge in [0.1, 0.15) is 11.5 Å². The maximum absolute atomic E-state index is 6.30. The molecule has 0 aliphatic carbocycles. The number of methoxy groups -OCH3 is 2. The Balaban J connectivity index is 1.84. The molecule has 200 valence electrons. The van der Waals surface area contributed by atoms with E-state index >= 15 is 0 Å². The van der Waals surface area contributed by atoms with Gasteiger partial charge in [-0.1, -0.05) is 124 Å². The summed E-state index contributed by atoms with van der Waals surface area (Å²) in [6.07, 6.45) is 4.43. The maximum atomic E-state index is 6.30. The Morgan fingerprint density at radius 2 is 0.800 bits per heavy atom. The van der Waals surface area contributed by atoms with Crippen LogP contribution in [0.3, 0.4) is 0 Å². The van der Waals surface area contributed by atoms with Crippen LogP contribution in [-0.4, -0.2) is 14.2 Å². The third-order valence-corrected chi connectivity index (χ3v) is 8.06. The zero-order valence-corrected chi connectivity index (χ0v) is 23.9. The number of rotatable bonds is 8. The van der Waals surface area contributed by atoms with Crippen LogP contribution >= 0.6 is 0 Å². The van der Waals surface area contributed by atoms with E-state index in [0.29, 0.717) is 0 Å². The fraction of sp³-hybridized carbons (Fsp3) is 0.211. The van der Waals surface area contributed by atoms with E-state index in [1.165, 1.54) is 44.2 Å². The first kappa shape index (κ1) is 26.0. The van der Waals surface area contributed by atoms with E-state index in [1.54, 1.807) is 14.2 Å². The fourth-order valence-electron chi connectivity index (χ4n) is 6.32. The Morgan fingerprint density at radius 3 is 1.12 bits per heavy atom. The third kappa shape index (κ3) is 4.29. The van der Waals surface area contributed by atoms with E-state index < -0.39 is 0 Å². The van der Waals surface area contributed by atoms with Crippen LogP contribution in [0.5, 0.6) is 11.5 Å². The van der Waals surface area contributed by atoms with E-state index in [4.69, 9.17) is 9.47 Å². The Morgan fingerprint density at radius 1 is 0.450 bits per heavy atom. The number of hydrogen-bond donors (Lipinski definition) is 0. The SMILES string of the molecule is CCCc1ccc(-c2c3ccccc3c(-c3ccc(CCC)cc3)c3c(OC)c4ccccc4c(OC)c23)cc1. The monoisotopic (exact) mass is 524 g/mol. The lowest BCUT2D eigenvalue weighted by atomic mass is 9.83. The Hall–Kier alpha value is -4.30. The summed E-state index contributed by atoms with van der Waals surface area (Å²) in [7, 11) is 3.58. The van der Waals surface area contributed by atoms with Gasteiger partial charge in [-0.3, -0.25) is 0 Å². The number of ether oxygens (including phenoxy) is 2. The molecule has 0 spiro atoms. The van der Waals surface area contributed by atoms with E-state index in [1.807, 2.05) is 0 Å². The van der Waals surface area contributed by atoms with Gasteiger partial charge in [0.15, 0.2) is 0 Å². The van der Waals surface area contributed by atoms with Gasteiger partial charge in [0.25, 0.3) is 0 Å². The smallest absolute Gasteiger partial charge is 0.135 e. The van der Waals surface area contributed by atoms with Gasteiger partial charge in [-0.25, -0.2) is 0 Å². The third-order valence-electron chi connectivity index (χ3n) is 8.06. The van der Waals surface area contributed by atoms with Gasteiger partial charge in [0, 0.05) is 32.7 Å². The molecule has 0 saturated heterocycles. The molecule has 6 aromatic carbocycles. The van der Waals surface area contributed by atoms with Crippen molar-refractivity contribution in [2.45, 2.75) is 39.5 Å². The molecule has 0 saturated carbocycles. The highest BCUT2D eigenvalue weighted by atomic mass is 16.5. The van der Waals surface area contributed by atoms with Gasteiger partial charge in [-0.2, -0.15) is 0 Å². The summed E-state index contributed by atoms with van der Waals surface area (Å²) in [4.78, 5) is 0. The highest BCUT2D eigenvalue weighted by Gasteiger charge is 2.25. The average Bonchev–Trinajstić information content (AvgIpc) is 3.00. The lowest BCUT2D eigenvalue weighted by Crippen LogP contribution is -1.98. The van der Waals surface area contributed by atoms with Crippen molar-refractivity contribution in [3.8, 4) is 33.8 Å². The molecule has 0 aliphatic rings. The predicted molar refractivity (Wildman–Crippen MR) is 171 cm³/mol. The van der Waals surface area contributed by atoms with Crippen LogP contribution in [-0.2, 0) is 12.8 Å². The molecule has 0 radical (unpaired) electrons. The minimum atomic E-state index is 0.883. The predicted octanol–water partition coefficient (Wildman–Crippen LogP) is 10.4. The normalized spacial score (nSPS) is 11.4. The van der Waals surface area contributed by atoms with Gasteiger partial charge < -0.3 is 9.47 Å². The summed E-state index contributed by atoms with van der Waals surface area (Å²) in [5, 5.41) is 6.71. The van der Waals surface area contributed by atoms with Crippen LogP contribution in [0.1, 0.15) is 37.8 Å². The van der Waals surface area contributed by atoms with Gasteiger partial charge >= 0.3 is 0 Å². The number of fused-ring (bicyclic) bond motifs is 3. The van der Waals surface area contributed by atoms with Crippen molar-refractivity contribution in [1.29, 1.82) is 0 Å². The topological polar surface area (TPSA) is 18.5 Å². The molecular weight excluding hydrogens is 488 g/mol. The summed E-state index contributed by atoms with van der Waals surface area (Å²) < 4.78 is 12.6. The van der Waals surface area contributed by atoms with Crippen LogP contribution < -0.4 is 9.47 Å². The maximum Gasteiger partial charge on any atom is 0.135 e. The Bertz CT molecular complexity index is 1680. The van der Waals surface area contributed by atoms with E-state index in [2.05, 4.69) is 111 Å². The number of aryl methyl sites for hydroxylation is 2. The molecule has 0 fully saturated rings. The highest BCUT2D eigenvalue weighted by Crippen LogP contribution is 2.53. The Labute approximate surface area is 237 Å². The van der Waals surface area contributed by atoms with Crippen molar-refractivity contribution in [2.75, 3.05) is 14.2 Å². The quantitative estimate of drug-likeness (QED) is 0.184. The van der Waals surface area contributed by atoms with Crippen LogP contribution in [0.4, 0.5) is 0 Å². The molecule has 2 nitrogen and oxygen atoms in total. The molecule has 6 aromatic rings. The molecule has 40 heavy (non-hydrogen) atoms. The fourth-order valence-corrected chi connectivity index (χ4v) is 6.32. The lowest BCUT2D eigenvalue weighted by molar-refractivity contribution is 0.418. The molecule has 0 aromatic heterocycles. The highest BCUT2D eigenvalue weighted by molar-refractivity contribution is 6.28. The van der Waals surface area contributed by atoms with Crippen molar-refractivity contribution in [1.82, 2.24) is 0 Å². The second kappa shape index (κ2) is 11.1. The van der Waals surface area contributed by atoms with Gasteiger partial charge in [-0.15, -0.1) is 0 Å². The first-order valence-corrected chi connectivity index (χ1v) is 14.4. The summed E-state index contributed by atoms with van der Waals surface area (Å²) in [5.74, 6) is 1.77. The molecule has 2 heteroatoms. The van der Waals surface area contributed by atoms with E-state index in [9.17, 15) is 0 Å². The van der Waals surface area contributed by atoms with Crippen LogP contribution in [0, 0.1) is 0 Å². The van der Waals surface area contributed by atoms with Crippen molar-refractivity contribution in [3.63, 3.8) is 0 Å². The van der Waals surface area contributed by atoms with Crippen molar-refractivity contribution in [2.24, 2.45) is 0 Å². The zero-order chi connectivity index (χ0) is 27.6. The number of hydrogen-bond acceptors (Lipinski definition) is 2. The van der Waals surface area contributed by atoms with Crippen molar-refractivity contribution < 1.29 is 9.47 Å². The summed E-state index contributed by atoms with van der Waals surface area (Å²) in [6, 6.07) is 35.4. The molecule has 0 N–H and O–H groups in total. The summed E-state index contributed by atoms with van der Waals surface area (Å²) in [5.41, 5.74) is 7.45. The van der Waals surface area contributed by atoms with Gasteiger partial charge in [-0.05, 0) is 45.9 Å². The zero-order valence-electron chi connectivity index (χ0n) is 23.9. The lowest BCUT2D eigenvalue weighted by Gasteiger charge is -2.23.